The van der Waals surface area contributed by atoms with E-state index in [0.717, 1.165) is 11.1 Å². The number of hydrogen-bond acceptors (Lipinski definition) is 6. The van der Waals surface area contributed by atoms with Gasteiger partial charge in [0, 0.05) is 31.1 Å². The minimum Gasteiger partial charge on any atom is -0.426 e. The number of carbonyl (C=O) groups excluding carboxylic acids is 1. The van der Waals surface area contributed by atoms with Crippen LogP contribution in [0.25, 0.3) is 11.0 Å². The van der Waals surface area contributed by atoms with Crippen LogP contribution in [-0.2, 0) is 32.5 Å². The second-order valence-electron chi connectivity index (χ2n) is 7.82. The molecule has 0 N–H and O–H groups in total. The molecule has 0 saturated carbocycles. The zero-order valence-electron chi connectivity index (χ0n) is 18.6. The van der Waals surface area contributed by atoms with Crippen LogP contribution in [0.1, 0.15) is 24.7 Å². The van der Waals surface area contributed by atoms with Gasteiger partial charge in [0.1, 0.15) is 11.6 Å². The molecule has 0 amide bonds. The first-order valence-electron chi connectivity index (χ1n) is 10.8. The molecule has 3 aromatic rings. The van der Waals surface area contributed by atoms with Crippen LogP contribution in [0.15, 0.2) is 41.3 Å². The lowest BCUT2D eigenvalue weighted by Crippen LogP contribution is -2.40. The monoisotopic (exact) mass is 491 g/mol. The van der Waals surface area contributed by atoms with Gasteiger partial charge in [0.2, 0.25) is 10.0 Å². The highest BCUT2D eigenvalue weighted by Gasteiger charge is 2.27. The predicted molar refractivity (Wildman–Crippen MR) is 125 cm³/mol. The van der Waals surface area contributed by atoms with E-state index in [1.165, 1.54) is 4.31 Å². The van der Waals surface area contributed by atoms with Gasteiger partial charge in [-0.2, -0.15) is 4.31 Å². The lowest BCUT2D eigenvalue weighted by Gasteiger charge is -2.26. The summed E-state index contributed by atoms with van der Waals surface area (Å²) in [7, 11) is -3.61. The Kier molecular flexibility index (Phi) is 7.04. The summed E-state index contributed by atoms with van der Waals surface area (Å²) in [5.41, 5.74) is 2.20. The molecule has 0 unspecified atom stereocenters. The van der Waals surface area contributed by atoms with E-state index in [9.17, 15) is 13.2 Å². The maximum Gasteiger partial charge on any atom is 0.311 e. The molecule has 1 aliphatic rings. The van der Waals surface area contributed by atoms with Crippen LogP contribution in [-0.4, -0.2) is 54.5 Å². The van der Waals surface area contributed by atoms with E-state index >= 15 is 0 Å². The van der Waals surface area contributed by atoms with Crippen LogP contribution >= 0.6 is 11.6 Å². The number of aromatic nitrogens is 2. The number of ether oxygens (including phenoxy) is 2. The number of esters is 1. The molecule has 1 aliphatic heterocycles. The molecule has 4 rings (SSSR count). The van der Waals surface area contributed by atoms with Gasteiger partial charge < -0.3 is 14.0 Å². The summed E-state index contributed by atoms with van der Waals surface area (Å²) in [5, 5.41) is 0.582. The standard InChI is InChI=1S/C23H26ClN3O5S/c1-3-27-20-6-5-18(33(29,30)26-10-12-31-13-11-26)15-19(20)25-22(27)8-9-23(28)32-21-7-4-17(24)14-16(21)2/h4-7,14-15H,3,8-13H2,1-2H3. The number of benzene rings is 2. The Morgan fingerprint density at radius 3 is 2.64 bits per heavy atom. The van der Waals surface area contributed by atoms with E-state index in [0.29, 0.717) is 61.4 Å². The summed E-state index contributed by atoms with van der Waals surface area (Å²) in [6, 6.07) is 10.1. The first kappa shape index (κ1) is 23.7. The summed E-state index contributed by atoms with van der Waals surface area (Å²) in [6.07, 6.45) is 0.518. The molecule has 2 heterocycles. The molecular weight excluding hydrogens is 466 g/mol. The predicted octanol–water partition coefficient (Wildman–Crippen LogP) is 3.58. The topological polar surface area (TPSA) is 90.7 Å². The molecule has 0 atom stereocenters. The Balaban J connectivity index is 1.52. The van der Waals surface area contributed by atoms with Crippen LogP contribution in [0, 0.1) is 6.92 Å². The minimum atomic E-state index is -3.61. The van der Waals surface area contributed by atoms with Gasteiger partial charge in [0.15, 0.2) is 0 Å². The number of aryl methyl sites for hydroxylation is 3. The lowest BCUT2D eigenvalue weighted by molar-refractivity contribution is -0.134. The van der Waals surface area contributed by atoms with Gasteiger partial charge in [-0.15, -0.1) is 0 Å². The quantitative estimate of drug-likeness (QED) is 0.370. The van der Waals surface area contributed by atoms with Gasteiger partial charge in [-0.25, -0.2) is 13.4 Å². The second kappa shape index (κ2) is 9.80. The molecule has 8 nitrogen and oxygen atoms in total. The third kappa shape index (κ3) is 5.06. The first-order valence-corrected chi connectivity index (χ1v) is 12.7. The van der Waals surface area contributed by atoms with Crippen molar-refractivity contribution in [2.75, 3.05) is 26.3 Å². The van der Waals surface area contributed by atoms with Crippen LogP contribution in [0.2, 0.25) is 5.02 Å². The highest BCUT2D eigenvalue weighted by atomic mass is 35.5. The zero-order valence-corrected chi connectivity index (χ0v) is 20.2. The molecule has 176 valence electrons. The van der Waals surface area contributed by atoms with Crippen LogP contribution in [0.3, 0.4) is 0 Å². The van der Waals surface area contributed by atoms with Gasteiger partial charge in [0.25, 0.3) is 0 Å². The molecule has 0 radical (unpaired) electrons. The number of hydrogen-bond donors (Lipinski definition) is 0. The Morgan fingerprint density at radius 1 is 1.18 bits per heavy atom. The summed E-state index contributed by atoms with van der Waals surface area (Å²) >= 11 is 5.95. The average Bonchev–Trinajstić information content (AvgIpc) is 3.17. The number of fused-ring (bicyclic) bond motifs is 1. The summed E-state index contributed by atoms with van der Waals surface area (Å²) < 4.78 is 40.1. The van der Waals surface area contributed by atoms with Gasteiger partial charge >= 0.3 is 5.97 Å². The molecule has 1 saturated heterocycles. The smallest absolute Gasteiger partial charge is 0.311 e. The number of rotatable bonds is 7. The van der Waals surface area contributed by atoms with Crippen molar-refractivity contribution in [2.45, 2.75) is 38.1 Å². The van der Waals surface area contributed by atoms with Crippen molar-refractivity contribution in [3.63, 3.8) is 0 Å². The SMILES string of the molecule is CCn1c(CCC(=O)Oc2ccc(Cl)cc2C)nc2cc(S(=O)(=O)N3CCOCC3)ccc21. The van der Waals surface area contributed by atoms with Crippen molar-refractivity contribution in [3.05, 3.63) is 52.8 Å². The van der Waals surface area contributed by atoms with E-state index in [1.807, 2.05) is 18.4 Å². The Labute approximate surface area is 198 Å². The van der Waals surface area contributed by atoms with E-state index in [-0.39, 0.29) is 17.3 Å². The summed E-state index contributed by atoms with van der Waals surface area (Å²) in [5.74, 6) is 0.815. The van der Waals surface area contributed by atoms with Crippen LogP contribution in [0.5, 0.6) is 5.75 Å². The Bertz CT molecular complexity index is 1280. The Hall–Kier alpha value is -2.46. The van der Waals surface area contributed by atoms with Gasteiger partial charge in [-0.3, -0.25) is 4.79 Å². The van der Waals surface area contributed by atoms with E-state index in [4.69, 9.17) is 21.1 Å². The minimum absolute atomic E-state index is 0.143. The fourth-order valence-corrected chi connectivity index (χ4v) is 5.57. The fraction of sp³-hybridized carbons (Fsp3) is 0.391. The van der Waals surface area contributed by atoms with Crippen molar-refractivity contribution in [1.82, 2.24) is 13.9 Å². The third-order valence-corrected chi connectivity index (χ3v) is 7.77. The molecule has 1 fully saturated rings. The molecule has 0 aliphatic carbocycles. The van der Waals surface area contributed by atoms with E-state index in [1.54, 1.807) is 36.4 Å². The zero-order chi connectivity index (χ0) is 23.6. The fourth-order valence-electron chi connectivity index (χ4n) is 3.91. The summed E-state index contributed by atoms with van der Waals surface area (Å²) in [6.45, 7) is 5.91. The number of nitrogens with zero attached hydrogens (tertiary/aromatic N) is 3. The number of sulfonamides is 1. The highest BCUT2D eigenvalue weighted by molar-refractivity contribution is 7.89. The first-order chi connectivity index (χ1) is 15.8. The van der Waals surface area contributed by atoms with Gasteiger partial charge in [-0.1, -0.05) is 11.6 Å². The molecule has 2 aromatic carbocycles. The summed E-state index contributed by atoms with van der Waals surface area (Å²) in [4.78, 5) is 17.3. The maximum absolute atomic E-state index is 13.0. The average molecular weight is 492 g/mol. The molecule has 1 aromatic heterocycles. The van der Waals surface area contributed by atoms with E-state index < -0.39 is 10.0 Å². The highest BCUT2D eigenvalue weighted by Crippen LogP contribution is 2.25. The van der Waals surface area contributed by atoms with Crippen molar-refractivity contribution >= 4 is 38.6 Å². The molecule has 0 spiro atoms. The third-order valence-electron chi connectivity index (χ3n) is 5.64. The maximum atomic E-state index is 13.0. The molecule has 33 heavy (non-hydrogen) atoms. The number of halogens is 1. The van der Waals surface area contributed by atoms with E-state index in [2.05, 4.69) is 4.98 Å². The number of imidazole rings is 1. The van der Waals surface area contributed by atoms with Crippen molar-refractivity contribution in [2.24, 2.45) is 0 Å². The van der Waals surface area contributed by atoms with Crippen molar-refractivity contribution in [3.8, 4) is 5.75 Å². The van der Waals surface area contributed by atoms with Crippen LogP contribution in [0.4, 0.5) is 0 Å². The van der Waals surface area contributed by atoms with Crippen molar-refractivity contribution in [1.29, 1.82) is 0 Å². The van der Waals surface area contributed by atoms with Crippen molar-refractivity contribution < 1.29 is 22.7 Å². The second-order valence-corrected chi connectivity index (χ2v) is 10.2. The Morgan fingerprint density at radius 2 is 1.94 bits per heavy atom. The van der Waals surface area contributed by atoms with Crippen LogP contribution < -0.4 is 4.74 Å². The van der Waals surface area contributed by atoms with Gasteiger partial charge in [0.05, 0.1) is 35.6 Å². The van der Waals surface area contributed by atoms with Gasteiger partial charge in [-0.05, 0) is 55.8 Å². The largest absolute Gasteiger partial charge is 0.426 e. The molecule has 10 heteroatoms. The number of carbonyl (C=O) groups is 1. The molecular formula is C23H26ClN3O5S. The molecule has 0 bridgehead atoms. The normalized spacial score (nSPS) is 15.1. The number of morpholine rings is 1. The lowest BCUT2D eigenvalue weighted by atomic mass is 10.2.